The number of hydrogen-bond acceptors (Lipinski definition) is 1. The molecule has 0 fully saturated rings. The van der Waals surface area contributed by atoms with Crippen molar-refractivity contribution >= 4 is 11.4 Å². The van der Waals surface area contributed by atoms with Gasteiger partial charge in [0.2, 0.25) is 0 Å². The van der Waals surface area contributed by atoms with Crippen LogP contribution < -0.4 is 0 Å². The highest BCUT2D eigenvalue weighted by Crippen LogP contribution is 2.62. The zero-order valence-corrected chi connectivity index (χ0v) is 27.5. The van der Waals surface area contributed by atoms with Crippen LogP contribution in [-0.4, -0.2) is 5.71 Å². The van der Waals surface area contributed by atoms with Gasteiger partial charge in [0, 0.05) is 11.3 Å². The van der Waals surface area contributed by atoms with Crippen LogP contribution in [-0.2, 0) is 11.8 Å². The number of fused-ring (bicyclic) bond motifs is 10. The molecule has 0 amide bonds. The molecule has 0 atom stereocenters. The summed E-state index contributed by atoms with van der Waals surface area (Å²) in [6.07, 6.45) is 3.08. The van der Waals surface area contributed by atoms with Crippen LogP contribution in [0.5, 0.6) is 0 Å². The first-order chi connectivity index (χ1) is 24.2. The van der Waals surface area contributed by atoms with Gasteiger partial charge in [0.1, 0.15) is 0 Å². The summed E-state index contributed by atoms with van der Waals surface area (Å²) in [6, 6.07) is 64.0. The summed E-state index contributed by atoms with van der Waals surface area (Å²) >= 11 is 0. The van der Waals surface area contributed by atoms with Crippen LogP contribution in [0.2, 0.25) is 0 Å². The molecule has 2 aliphatic carbocycles. The summed E-state index contributed by atoms with van der Waals surface area (Å²) in [6.45, 7) is 2.11. The molecule has 1 heteroatoms. The molecular weight excluding hydrogens is 591 g/mol. The highest BCUT2D eigenvalue weighted by atomic mass is 14.8. The van der Waals surface area contributed by atoms with E-state index in [1.165, 1.54) is 61.2 Å². The first-order valence-corrected chi connectivity index (χ1v) is 17.1. The Balaban J connectivity index is 1.20. The van der Waals surface area contributed by atoms with Crippen LogP contribution in [0.3, 0.4) is 0 Å². The van der Waals surface area contributed by atoms with Gasteiger partial charge in [-0.1, -0.05) is 176 Å². The fourth-order valence-corrected chi connectivity index (χ4v) is 8.13. The van der Waals surface area contributed by atoms with Crippen LogP contribution in [0.25, 0.3) is 39.1 Å². The van der Waals surface area contributed by atoms with E-state index in [1.807, 2.05) is 0 Å². The van der Waals surface area contributed by atoms with Crippen molar-refractivity contribution in [3.8, 4) is 33.4 Å². The smallest absolute Gasteiger partial charge is 0.0725 e. The summed E-state index contributed by atoms with van der Waals surface area (Å²) in [5.74, 6) is 0. The Hall–Kier alpha value is -6.05. The first kappa shape index (κ1) is 29.1. The highest BCUT2D eigenvalue weighted by molar-refractivity contribution is 6.02. The monoisotopic (exact) mass is 625 g/mol. The van der Waals surface area contributed by atoms with Gasteiger partial charge >= 0.3 is 0 Å². The van der Waals surface area contributed by atoms with E-state index in [-0.39, 0.29) is 5.41 Å². The lowest BCUT2D eigenvalue weighted by Crippen LogP contribution is -2.25. The Labute approximate surface area is 288 Å². The van der Waals surface area contributed by atoms with E-state index in [9.17, 15) is 0 Å². The van der Waals surface area contributed by atoms with Crippen molar-refractivity contribution in [3.05, 3.63) is 221 Å². The molecule has 2 aliphatic rings. The molecular formula is C48H35N. The van der Waals surface area contributed by atoms with Crippen molar-refractivity contribution in [2.45, 2.75) is 18.8 Å². The maximum Gasteiger partial charge on any atom is 0.0725 e. The van der Waals surface area contributed by atoms with Crippen molar-refractivity contribution in [1.29, 1.82) is 0 Å². The zero-order chi connectivity index (χ0) is 32.8. The van der Waals surface area contributed by atoms with E-state index in [2.05, 4.69) is 189 Å². The zero-order valence-electron chi connectivity index (χ0n) is 27.5. The molecule has 1 spiro atoms. The van der Waals surface area contributed by atoms with E-state index >= 15 is 0 Å². The Kier molecular flexibility index (Phi) is 7.06. The largest absolute Gasteiger partial charge is 0.253 e. The van der Waals surface area contributed by atoms with Gasteiger partial charge < -0.3 is 0 Å². The minimum Gasteiger partial charge on any atom is -0.253 e. The van der Waals surface area contributed by atoms with Gasteiger partial charge in [-0.2, -0.15) is 0 Å². The molecule has 232 valence electrons. The topological polar surface area (TPSA) is 12.4 Å². The van der Waals surface area contributed by atoms with Crippen LogP contribution in [0.15, 0.2) is 187 Å². The lowest BCUT2D eigenvalue weighted by molar-refractivity contribution is 0.793. The molecule has 7 aromatic carbocycles. The van der Waals surface area contributed by atoms with Gasteiger partial charge in [-0.05, 0) is 86.2 Å². The van der Waals surface area contributed by atoms with E-state index in [4.69, 9.17) is 4.99 Å². The fourth-order valence-electron chi connectivity index (χ4n) is 8.13. The van der Waals surface area contributed by atoms with Crippen molar-refractivity contribution in [2.24, 2.45) is 4.99 Å². The Morgan fingerprint density at radius 1 is 0.469 bits per heavy atom. The molecule has 0 saturated heterocycles. The van der Waals surface area contributed by atoms with Gasteiger partial charge in [0.25, 0.3) is 0 Å². The van der Waals surface area contributed by atoms with Crippen molar-refractivity contribution in [1.82, 2.24) is 0 Å². The SMILES string of the molecule is CC(=N/C(=C\Cc1cccc(-c2ccccc2)c1)c1ccc2c(c1)-c1ccccc1C21c2ccccc2-c2ccccc21)c1ccccc1. The second-order valence-electron chi connectivity index (χ2n) is 13.1. The summed E-state index contributed by atoms with van der Waals surface area (Å²) in [4.78, 5) is 5.33. The Morgan fingerprint density at radius 2 is 1.00 bits per heavy atom. The second kappa shape index (κ2) is 11.9. The first-order valence-electron chi connectivity index (χ1n) is 17.1. The number of aliphatic imine (C=N–C) groups is 1. The van der Waals surface area contributed by atoms with Crippen molar-refractivity contribution < 1.29 is 0 Å². The number of allylic oxidation sites excluding steroid dienone is 1. The molecule has 0 N–H and O–H groups in total. The van der Waals surface area contributed by atoms with E-state index < -0.39 is 0 Å². The average molecular weight is 626 g/mol. The summed E-state index contributed by atoms with van der Waals surface area (Å²) in [7, 11) is 0. The van der Waals surface area contributed by atoms with Gasteiger partial charge in [-0.3, -0.25) is 4.99 Å². The third kappa shape index (κ3) is 4.73. The Morgan fingerprint density at radius 3 is 1.65 bits per heavy atom. The number of rotatable bonds is 6. The van der Waals surface area contributed by atoms with Gasteiger partial charge in [0.15, 0.2) is 0 Å². The molecule has 0 aliphatic heterocycles. The normalized spacial score (nSPS) is 13.9. The maximum atomic E-state index is 5.33. The third-order valence-electron chi connectivity index (χ3n) is 10.3. The maximum absolute atomic E-state index is 5.33. The van der Waals surface area contributed by atoms with Crippen LogP contribution in [0, 0.1) is 0 Å². The summed E-state index contributed by atoms with van der Waals surface area (Å²) in [5.41, 5.74) is 18.3. The molecule has 1 nitrogen and oxygen atoms in total. The van der Waals surface area contributed by atoms with Crippen molar-refractivity contribution in [2.75, 3.05) is 0 Å². The molecule has 0 saturated carbocycles. The third-order valence-corrected chi connectivity index (χ3v) is 10.3. The molecule has 0 radical (unpaired) electrons. The number of nitrogens with zero attached hydrogens (tertiary/aromatic N) is 1. The highest BCUT2D eigenvalue weighted by Gasteiger charge is 2.51. The predicted molar refractivity (Wildman–Crippen MR) is 205 cm³/mol. The molecule has 0 heterocycles. The average Bonchev–Trinajstić information content (AvgIpc) is 3.64. The molecule has 49 heavy (non-hydrogen) atoms. The van der Waals surface area contributed by atoms with Crippen LogP contribution >= 0.6 is 0 Å². The quantitative estimate of drug-likeness (QED) is 0.163. The standard InChI is InChI=1S/C48H35N/c1-33(35-16-4-2-5-17-35)49-47(30-27-34-15-14-20-37(31-34)36-18-6-3-7-19-36)38-28-29-46-42(32-38)41-23-10-13-26-45(41)48(46)43-24-11-8-21-39(43)40-22-9-12-25-44(40)48/h2-26,28-32H,27H2,1H3/b47-30-,49-33?. The van der Waals surface area contributed by atoms with Crippen molar-refractivity contribution in [3.63, 3.8) is 0 Å². The number of benzene rings is 7. The minimum absolute atomic E-state index is 0.345. The van der Waals surface area contributed by atoms with Gasteiger partial charge in [0.05, 0.1) is 11.1 Å². The van der Waals surface area contributed by atoms with E-state index in [1.54, 1.807) is 0 Å². The van der Waals surface area contributed by atoms with Gasteiger partial charge in [-0.25, -0.2) is 0 Å². The molecule has 0 bridgehead atoms. The summed E-state index contributed by atoms with van der Waals surface area (Å²) < 4.78 is 0. The van der Waals surface area contributed by atoms with Crippen LogP contribution in [0.1, 0.15) is 45.9 Å². The lowest BCUT2D eigenvalue weighted by Gasteiger charge is -2.30. The molecule has 9 rings (SSSR count). The fraction of sp³-hybridized carbons (Fsp3) is 0.0625. The second-order valence-corrected chi connectivity index (χ2v) is 13.1. The van der Waals surface area contributed by atoms with E-state index in [0.29, 0.717) is 0 Å². The summed E-state index contributed by atoms with van der Waals surface area (Å²) in [5, 5.41) is 0. The minimum atomic E-state index is -0.345. The lowest BCUT2D eigenvalue weighted by atomic mass is 9.70. The molecule has 7 aromatic rings. The Bertz CT molecular complexity index is 2370. The van der Waals surface area contributed by atoms with Gasteiger partial charge in [-0.15, -0.1) is 0 Å². The molecule has 0 unspecified atom stereocenters. The van der Waals surface area contributed by atoms with Crippen LogP contribution in [0.4, 0.5) is 0 Å². The van der Waals surface area contributed by atoms with E-state index in [0.717, 1.165) is 29.0 Å². The molecule has 0 aromatic heterocycles. The number of hydrogen-bond donors (Lipinski definition) is 0. The predicted octanol–water partition coefficient (Wildman–Crippen LogP) is 11.8.